The number of ketones is 1. The molecule has 24 heavy (non-hydrogen) atoms. The Balaban J connectivity index is 1.68. The molecule has 1 aromatic carbocycles. The number of ether oxygens (including phenoxy) is 1. The lowest BCUT2D eigenvalue weighted by Gasteiger charge is -2.15. The zero-order valence-electron chi connectivity index (χ0n) is 13.6. The number of aryl methyl sites for hydroxylation is 1. The first-order valence-corrected chi connectivity index (χ1v) is 8.31. The lowest BCUT2D eigenvalue weighted by atomic mass is 10.0. The molecule has 0 spiro atoms. The summed E-state index contributed by atoms with van der Waals surface area (Å²) in [5.74, 6) is 2.12. The number of quaternary nitrogens is 1. The fourth-order valence-corrected chi connectivity index (χ4v) is 3.43. The van der Waals surface area contributed by atoms with E-state index in [0.29, 0.717) is 23.6 Å². The van der Waals surface area contributed by atoms with Crippen LogP contribution in [0.1, 0.15) is 40.3 Å². The molecular weight excluding hydrogens is 306 g/mol. The van der Waals surface area contributed by atoms with Gasteiger partial charge in [0.05, 0.1) is 24.2 Å². The van der Waals surface area contributed by atoms with Crippen LogP contribution in [0.25, 0.3) is 6.08 Å². The smallest absolute Gasteiger partial charge is 0.232 e. The quantitative estimate of drug-likeness (QED) is 0.848. The predicted molar refractivity (Wildman–Crippen MR) is 88.1 cm³/mol. The van der Waals surface area contributed by atoms with Crippen molar-refractivity contribution in [2.24, 2.45) is 0 Å². The van der Waals surface area contributed by atoms with Gasteiger partial charge in [-0.3, -0.25) is 4.79 Å². The molecule has 1 fully saturated rings. The van der Waals surface area contributed by atoms with Gasteiger partial charge >= 0.3 is 0 Å². The van der Waals surface area contributed by atoms with E-state index in [4.69, 9.17) is 9.15 Å². The van der Waals surface area contributed by atoms with Crippen molar-refractivity contribution in [1.82, 2.24) is 0 Å². The number of likely N-dealkylation sites (tertiary alicyclic amines) is 1. The molecule has 2 aromatic rings. The second-order valence-corrected chi connectivity index (χ2v) is 6.46. The number of rotatable bonds is 3. The van der Waals surface area contributed by atoms with E-state index >= 15 is 0 Å². The van der Waals surface area contributed by atoms with Gasteiger partial charge in [-0.1, -0.05) is 0 Å². The van der Waals surface area contributed by atoms with Gasteiger partial charge in [0.2, 0.25) is 5.78 Å². The van der Waals surface area contributed by atoms with E-state index in [1.807, 2.05) is 13.0 Å². The van der Waals surface area contributed by atoms with Gasteiger partial charge in [0, 0.05) is 18.9 Å². The van der Waals surface area contributed by atoms with Crippen molar-refractivity contribution >= 4 is 11.9 Å². The monoisotopic (exact) mass is 326 g/mol. The first kappa shape index (κ1) is 15.0. The van der Waals surface area contributed by atoms with Crippen molar-refractivity contribution in [2.45, 2.75) is 26.3 Å². The predicted octanol–water partition coefficient (Wildman–Crippen LogP) is 2.09. The van der Waals surface area contributed by atoms with Crippen LogP contribution < -0.4 is 9.64 Å². The molecular formula is C19H20NO4+. The molecule has 2 N–H and O–H groups in total. The number of Topliss-reactive ketones (excluding diaryl/α,β-unsaturated/α-hetero) is 1. The Morgan fingerprint density at radius 2 is 2.00 bits per heavy atom. The molecule has 1 saturated heterocycles. The Kier molecular flexibility index (Phi) is 3.65. The lowest BCUT2D eigenvalue weighted by molar-refractivity contribution is -0.901. The third-order valence-corrected chi connectivity index (χ3v) is 4.69. The van der Waals surface area contributed by atoms with Crippen molar-refractivity contribution in [2.75, 3.05) is 13.1 Å². The molecule has 0 amide bonds. The Morgan fingerprint density at radius 3 is 2.71 bits per heavy atom. The molecule has 0 saturated carbocycles. The number of fused-ring (bicyclic) bond motifs is 1. The Morgan fingerprint density at radius 1 is 1.21 bits per heavy atom. The summed E-state index contributed by atoms with van der Waals surface area (Å²) in [5.41, 5.74) is 1.23. The van der Waals surface area contributed by atoms with Crippen molar-refractivity contribution < 1.29 is 24.0 Å². The number of carbonyl (C=O) groups excluding carboxylic acids is 1. The number of hydrogen-bond acceptors (Lipinski definition) is 4. The molecule has 2 aliphatic heterocycles. The van der Waals surface area contributed by atoms with Crippen LogP contribution in [0.15, 0.2) is 34.4 Å². The summed E-state index contributed by atoms with van der Waals surface area (Å²) in [6.45, 7) is 4.70. The summed E-state index contributed by atoms with van der Waals surface area (Å²) in [6, 6.07) is 6.86. The van der Waals surface area contributed by atoms with Crippen LogP contribution in [0.3, 0.4) is 0 Å². The molecule has 0 radical (unpaired) electrons. The number of hydrogen-bond donors (Lipinski definition) is 2. The normalized spacial score (nSPS) is 19.0. The van der Waals surface area contributed by atoms with E-state index in [1.54, 1.807) is 24.3 Å². The maximum Gasteiger partial charge on any atom is 0.232 e. The van der Waals surface area contributed by atoms with E-state index in [9.17, 15) is 9.90 Å². The first-order valence-electron chi connectivity index (χ1n) is 8.31. The number of allylic oxidation sites excluding steroid dienone is 1. The summed E-state index contributed by atoms with van der Waals surface area (Å²) in [6.07, 6.45) is 4.01. The van der Waals surface area contributed by atoms with Gasteiger partial charge in [-0.15, -0.1) is 0 Å². The second kappa shape index (κ2) is 5.83. The van der Waals surface area contributed by atoms with Gasteiger partial charge in [-0.05, 0) is 31.2 Å². The van der Waals surface area contributed by atoms with E-state index < -0.39 is 0 Å². The second-order valence-electron chi connectivity index (χ2n) is 6.46. The van der Waals surface area contributed by atoms with Crippen LogP contribution in [0.4, 0.5) is 0 Å². The highest BCUT2D eigenvalue weighted by molar-refractivity contribution is 6.14. The molecule has 5 heteroatoms. The molecule has 0 aliphatic carbocycles. The molecule has 1 aromatic heterocycles. The molecule has 4 rings (SSSR count). The number of nitrogens with one attached hydrogen (secondary N) is 1. The summed E-state index contributed by atoms with van der Waals surface area (Å²) in [7, 11) is 0. The fraction of sp³-hybridized carbons (Fsp3) is 0.316. The average Bonchev–Trinajstić information content (AvgIpc) is 3.26. The molecule has 3 heterocycles. The van der Waals surface area contributed by atoms with Gasteiger partial charge in [-0.2, -0.15) is 0 Å². The highest BCUT2D eigenvalue weighted by Crippen LogP contribution is 2.39. The minimum atomic E-state index is -0.170. The van der Waals surface area contributed by atoms with Crippen LogP contribution in [0, 0.1) is 6.92 Å². The zero-order chi connectivity index (χ0) is 16.7. The van der Waals surface area contributed by atoms with Crippen molar-refractivity contribution in [1.29, 1.82) is 0 Å². The van der Waals surface area contributed by atoms with Gasteiger partial charge < -0.3 is 19.2 Å². The third-order valence-electron chi connectivity index (χ3n) is 4.69. The number of phenols is 1. The summed E-state index contributed by atoms with van der Waals surface area (Å²) in [5, 5.41) is 10.3. The number of furan rings is 1. The molecule has 5 nitrogen and oxygen atoms in total. The van der Waals surface area contributed by atoms with Crippen LogP contribution in [0.2, 0.25) is 0 Å². The fourth-order valence-electron chi connectivity index (χ4n) is 3.43. The van der Waals surface area contributed by atoms with Gasteiger partial charge in [0.1, 0.15) is 23.8 Å². The first-order chi connectivity index (χ1) is 11.6. The Bertz CT molecular complexity index is 828. The Hall–Kier alpha value is -2.53. The topological polar surface area (TPSA) is 64.1 Å². The van der Waals surface area contributed by atoms with Crippen molar-refractivity contribution in [3.63, 3.8) is 0 Å². The molecule has 2 aliphatic rings. The van der Waals surface area contributed by atoms with Gasteiger partial charge in [0.15, 0.2) is 11.5 Å². The van der Waals surface area contributed by atoms with E-state index in [1.165, 1.54) is 17.7 Å². The standard InChI is InChI=1S/C19H19NO4/c1-12-4-5-13(23-12)10-17-18(22)14-6-7-16(21)15(19(14)24-17)11-20-8-2-3-9-20/h4-7,10,21H,2-3,8-9,11H2,1H3/p+1/b17-10-. The summed E-state index contributed by atoms with van der Waals surface area (Å²) >= 11 is 0. The van der Waals surface area contributed by atoms with Gasteiger partial charge in [0.25, 0.3) is 0 Å². The van der Waals surface area contributed by atoms with Gasteiger partial charge in [-0.25, -0.2) is 0 Å². The molecule has 0 bridgehead atoms. The summed E-state index contributed by atoms with van der Waals surface area (Å²) in [4.78, 5) is 14.0. The lowest BCUT2D eigenvalue weighted by Crippen LogP contribution is -3.08. The van der Waals surface area contributed by atoms with Crippen LogP contribution in [-0.4, -0.2) is 24.0 Å². The minimum Gasteiger partial charge on any atom is -0.507 e. The number of benzene rings is 1. The largest absolute Gasteiger partial charge is 0.507 e. The molecule has 0 atom stereocenters. The average molecular weight is 326 g/mol. The number of aromatic hydroxyl groups is 1. The third kappa shape index (κ3) is 2.61. The van der Waals surface area contributed by atoms with E-state index in [2.05, 4.69) is 0 Å². The SMILES string of the molecule is Cc1ccc(/C=C2\Oc3c(ccc(O)c3C[NH+]3CCCC3)C2=O)o1. The van der Waals surface area contributed by atoms with Crippen LogP contribution in [-0.2, 0) is 6.54 Å². The van der Waals surface area contributed by atoms with Crippen LogP contribution in [0.5, 0.6) is 11.5 Å². The molecule has 124 valence electrons. The van der Waals surface area contributed by atoms with Crippen molar-refractivity contribution in [3.8, 4) is 11.5 Å². The minimum absolute atomic E-state index is 0.170. The maximum absolute atomic E-state index is 12.6. The van der Waals surface area contributed by atoms with E-state index in [-0.39, 0.29) is 17.3 Å². The van der Waals surface area contributed by atoms with Crippen LogP contribution >= 0.6 is 0 Å². The Labute approximate surface area is 140 Å². The molecule has 0 unspecified atom stereocenters. The maximum atomic E-state index is 12.6. The highest BCUT2D eigenvalue weighted by Gasteiger charge is 2.33. The highest BCUT2D eigenvalue weighted by atomic mass is 16.5. The van der Waals surface area contributed by atoms with E-state index in [0.717, 1.165) is 24.4 Å². The number of phenolic OH excluding ortho intramolecular Hbond substituents is 1. The number of carbonyl (C=O) groups is 1. The van der Waals surface area contributed by atoms with Crippen molar-refractivity contribution in [3.05, 3.63) is 52.7 Å². The zero-order valence-corrected chi connectivity index (χ0v) is 13.6. The summed E-state index contributed by atoms with van der Waals surface area (Å²) < 4.78 is 11.3.